The van der Waals surface area contributed by atoms with E-state index in [2.05, 4.69) is 5.32 Å². The molecular weight excluding hydrogens is 412 g/mol. The molecule has 5 nitrogen and oxygen atoms in total. The van der Waals surface area contributed by atoms with Gasteiger partial charge in [-0.05, 0) is 54.5 Å². The highest BCUT2D eigenvalue weighted by atomic mass is 35.5. The summed E-state index contributed by atoms with van der Waals surface area (Å²) < 4.78 is 5.76. The maximum Gasteiger partial charge on any atom is 0.268 e. The van der Waals surface area contributed by atoms with Gasteiger partial charge in [0.05, 0.1) is 12.2 Å². The SMILES string of the molecule is CC1Oc2ccc(NC(=O)/C=C/c3ccccc3)cc2N(Cc2ccc(Cl)cc2)C1=O. The quantitative estimate of drug-likeness (QED) is 0.556. The van der Waals surface area contributed by atoms with Crippen molar-refractivity contribution in [2.75, 3.05) is 10.2 Å². The second kappa shape index (κ2) is 9.06. The molecule has 2 amide bonds. The van der Waals surface area contributed by atoms with Crippen LogP contribution in [0.3, 0.4) is 0 Å². The van der Waals surface area contributed by atoms with E-state index in [9.17, 15) is 9.59 Å². The van der Waals surface area contributed by atoms with Crippen molar-refractivity contribution in [2.24, 2.45) is 0 Å². The average molecular weight is 433 g/mol. The van der Waals surface area contributed by atoms with Crippen molar-refractivity contribution in [1.82, 2.24) is 0 Å². The first-order valence-electron chi connectivity index (χ1n) is 9.90. The van der Waals surface area contributed by atoms with Crippen LogP contribution in [0.4, 0.5) is 11.4 Å². The van der Waals surface area contributed by atoms with Gasteiger partial charge in [0.2, 0.25) is 5.91 Å². The first kappa shape index (κ1) is 20.7. The Balaban J connectivity index is 1.55. The van der Waals surface area contributed by atoms with Gasteiger partial charge in [0.1, 0.15) is 5.75 Å². The van der Waals surface area contributed by atoms with Crippen LogP contribution >= 0.6 is 11.6 Å². The number of halogens is 1. The molecule has 0 saturated heterocycles. The molecule has 4 rings (SSSR count). The Hall–Kier alpha value is -3.57. The smallest absolute Gasteiger partial charge is 0.268 e. The zero-order chi connectivity index (χ0) is 21.8. The summed E-state index contributed by atoms with van der Waals surface area (Å²) in [4.78, 5) is 26.8. The van der Waals surface area contributed by atoms with Crippen molar-refractivity contribution in [2.45, 2.75) is 19.6 Å². The fourth-order valence-corrected chi connectivity index (χ4v) is 3.47. The molecule has 1 N–H and O–H groups in total. The Morgan fingerprint density at radius 2 is 1.84 bits per heavy atom. The minimum absolute atomic E-state index is 0.144. The normalized spacial score (nSPS) is 15.5. The summed E-state index contributed by atoms with van der Waals surface area (Å²) in [5, 5.41) is 3.48. The Morgan fingerprint density at radius 1 is 1.10 bits per heavy atom. The summed E-state index contributed by atoms with van der Waals surface area (Å²) in [6.07, 6.45) is 2.63. The fourth-order valence-electron chi connectivity index (χ4n) is 3.34. The zero-order valence-corrected chi connectivity index (χ0v) is 17.7. The highest BCUT2D eigenvalue weighted by Crippen LogP contribution is 2.37. The van der Waals surface area contributed by atoms with E-state index in [0.29, 0.717) is 28.7 Å². The third-order valence-electron chi connectivity index (χ3n) is 4.92. The van der Waals surface area contributed by atoms with E-state index in [1.807, 2.05) is 42.5 Å². The summed E-state index contributed by atoms with van der Waals surface area (Å²) in [5.41, 5.74) is 3.07. The average Bonchev–Trinajstić information content (AvgIpc) is 2.78. The Kier molecular flexibility index (Phi) is 6.05. The van der Waals surface area contributed by atoms with Crippen LogP contribution in [0, 0.1) is 0 Å². The molecule has 31 heavy (non-hydrogen) atoms. The van der Waals surface area contributed by atoms with Crippen LogP contribution in [0.2, 0.25) is 5.02 Å². The van der Waals surface area contributed by atoms with E-state index in [-0.39, 0.29) is 11.8 Å². The predicted molar refractivity (Wildman–Crippen MR) is 123 cm³/mol. The number of benzene rings is 3. The van der Waals surface area contributed by atoms with Gasteiger partial charge in [-0.2, -0.15) is 0 Å². The van der Waals surface area contributed by atoms with Gasteiger partial charge in [-0.15, -0.1) is 0 Å². The lowest BCUT2D eigenvalue weighted by atomic mass is 10.1. The van der Waals surface area contributed by atoms with Crippen molar-refractivity contribution in [1.29, 1.82) is 0 Å². The Bertz CT molecular complexity index is 1130. The monoisotopic (exact) mass is 432 g/mol. The molecule has 1 unspecified atom stereocenters. The number of hydrogen-bond acceptors (Lipinski definition) is 3. The summed E-state index contributed by atoms with van der Waals surface area (Å²) in [5.74, 6) is 0.193. The molecule has 1 aliphatic heterocycles. The summed E-state index contributed by atoms with van der Waals surface area (Å²) in [7, 11) is 0. The van der Waals surface area contributed by atoms with Crippen LogP contribution < -0.4 is 15.0 Å². The minimum atomic E-state index is -0.589. The van der Waals surface area contributed by atoms with Crippen molar-refractivity contribution in [3.8, 4) is 5.75 Å². The van der Waals surface area contributed by atoms with E-state index in [0.717, 1.165) is 11.1 Å². The Labute approximate surface area is 185 Å². The number of carbonyl (C=O) groups is 2. The molecule has 1 atom stereocenters. The third-order valence-corrected chi connectivity index (χ3v) is 5.17. The number of fused-ring (bicyclic) bond motifs is 1. The van der Waals surface area contributed by atoms with Gasteiger partial charge in [0, 0.05) is 16.8 Å². The van der Waals surface area contributed by atoms with E-state index in [1.165, 1.54) is 6.08 Å². The topological polar surface area (TPSA) is 58.6 Å². The summed E-state index contributed by atoms with van der Waals surface area (Å²) in [6, 6.07) is 22.2. The lowest BCUT2D eigenvalue weighted by Crippen LogP contribution is -2.44. The van der Waals surface area contributed by atoms with Gasteiger partial charge >= 0.3 is 0 Å². The van der Waals surface area contributed by atoms with Crippen LogP contribution in [0.15, 0.2) is 78.9 Å². The number of anilines is 2. The van der Waals surface area contributed by atoms with Crippen LogP contribution in [0.1, 0.15) is 18.1 Å². The lowest BCUT2D eigenvalue weighted by molar-refractivity contribution is -0.125. The number of hydrogen-bond donors (Lipinski definition) is 1. The van der Waals surface area contributed by atoms with Gasteiger partial charge in [-0.25, -0.2) is 0 Å². The second-order valence-electron chi connectivity index (χ2n) is 7.23. The number of ether oxygens (including phenoxy) is 1. The molecule has 0 fully saturated rings. The first-order chi connectivity index (χ1) is 15.0. The maximum atomic E-state index is 12.8. The molecule has 1 heterocycles. The van der Waals surface area contributed by atoms with Crippen molar-refractivity contribution >= 4 is 40.9 Å². The first-order valence-corrected chi connectivity index (χ1v) is 10.3. The van der Waals surface area contributed by atoms with E-state index in [1.54, 1.807) is 48.2 Å². The van der Waals surface area contributed by atoms with E-state index in [4.69, 9.17) is 16.3 Å². The molecule has 0 saturated carbocycles. The van der Waals surface area contributed by atoms with Crippen LogP contribution in [-0.4, -0.2) is 17.9 Å². The highest BCUT2D eigenvalue weighted by Gasteiger charge is 2.31. The molecule has 0 spiro atoms. The number of rotatable bonds is 5. The highest BCUT2D eigenvalue weighted by molar-refractivity contribution is 6.30. The van der Waals surface area contributed by atoms with Gasteiger partial charge in [0.15, 0.2) is 6.10 Å². The number of carbonyl (C=O) groups excluding carboxylic acids is 2. The fraction of sp³-hybridized carbons (Fsp3) is 0.120. The van der Waals surface area contributed by atoms with Gasteiger partial charge in [0.25, 0.3) is 5.91 Å². The second-order valence-corrected chi connectivity index (χ2v) is 7.66. The lowest BCUT2D eigenvalue weighted by Gasteiger charge is -2.33. The molecule has 1 aliphatic rings. The molecule has 3 aromatic rings. The molecule has 6 heteroatoms. The summed E-state index contributed by atoms with van der Waals surface area (Å²) >= 11 is 5.98. The Morgan fingerprint density at radius 3 is 2.58 bits per heavy atom. The maximum absolute atomic E-state index is 12.8. The van der Waals surface area contributed by atoms with Crippen molar-refractivity contribution in [3.05, 3.63) is 95.0 Å². The van der Waals surface area contributed by atoms with Crippen molar-refractivity contribution in [3.63, 3.8) is 0 Å². The van der Waals surface area contributed by atoms with E-state index >= 15 is 0 Å². The van der Waals surface area contributed by atoms with Crippen LogP contribution in [0.5, 0.6) is 5.75 Å². The van der Waals surface area contributed by atoms with Crippen molar-refractivity contribution < 1.29 is 14.3 Å². The zero-order valence-electron chi connectivity index (χ0n) is 16.9. The minimum Gasteiger partial charge on any atom is -0.479 e. The molecule has 0 bridgehead atoms. The molecule has 0 aromatic heterocycles. The van der Waals surface area contributed by atoms with Gasteiger partial charge in [-0.1, -0.05) is 54.1 Å². The van der Waals surface area contributed by atoms with Crippen LogP contribution in [-0.2, 0) is 16.1 Å². The third kappa shape index (κ3) is 4.95. The van der Waals surface area contributed by atoms with Gasteiger partial charge in [-0.3, -0.25) is 9.59 Å². The van der Waals surface area contributed by atoms with Gasteiger partial charge < -0.3 is 15.0 Å². The van der Waals surface area contributed by atoms with E-state index < -0.39 is 6.10 Å². The largest absolute Gasteiger partial charge is 0.479 e. The summed E-state index contributed by atoms with van der Waals surface area (Å²) in [6.45, 7) is 2.10. The number of nitrogens with zero attached hydrogens (tertiary/aromatic N) is 1. The molecule has 3 aromatic carbocycles. The molecular formula is C25H21ClN2O3. The number of nitrogens with one attached hydrogen (secondary N) is 1. The molecule has 156 valence electrons. The van der Waals surface area contributed by atoms with Crippen LogP contribution in [0.25, 0.3) is 6.08 Å². The molecule has 0 aliphatic carbocycles. The molecule has 0 radical (unpaired) electrons. The predicted octanol–water partition coefficient (Wildman–Crippen LogP) is 5.31. The standard InChI is InChI=1S/C25H21ClN2O3/c1-17-25(30)28(16-19-7-10-20(26)11-8-19)22-15-21(12-13-23(22)31-17)27-24(29)14-9-18-5-3-2-4-6-18/h2-15,17H,16H2,1H3,(H,27,29)/b14-9+. The number of amides is 2.